The molecule has 0 saturated heterocycles. The number of methoxy groups -OCH3 is 1. The molecule has 3 rings (SSSR count). The van der Waals surface area contributed by atoms with Crippen LogP contribution < -0.4 is 0 Å². The SMILES string of the molecule is COC(=O)c1sccc1-c1ccncc1-c1ccc(Cl)cc1Cl. The van der Waals surface area contributed by atoms with E-state index in [1.165, 1.54) is 18.4 Å². The van der Waals surface area contributed by atoms with Gasteiger partial charge in [0, 0.05) is 39.1 Å². The van der Waals surface area contributed by atoms with Crippen LogP contribution in [0.2, 0.25) is 10.0 Å². The number of ether oxygens (including phenoxy) is 1. The summed E-state index contributed by atoms with van der Waals surface area (Å²) in [6.07, 6.45) is 3.41. The van der Waals surface area contributed by atoms with Crippen LogP contribution in [0.15, 0.2) is 48.1 Å². The smallest absolute Gasteiger partial charge is 0.348 e. The van der Waals surface area contributed by atoms with Gasteiger partial charge in [-0.15, -0.1) is 11.3 Å². The normalized spacial score (nSPS) is 10.6. The second kappa shape index (κ2) is 6.71. The van der Waals surface area contributed by atoms with Crippen molar-refractivity contribution < 1.29 is 9.53 Å². The van der Waals surface area contributed by atoms with E-state index in [4.69, 9.17) is 27.9 Å². The topological polar surface area (TPSA) is 39.2 Å². The first-order valence-electron chi connectivity index (χ1n) is 6.67. The standard InChI is InChI=1S/C17H11Cl2NO2S/c1-22-17(21)16-13(5-7-23-16)11-4-6-20-9-14(11)12-3-2-10(18)8-15(12)19/h2-9H,1H3. The minimum Gasteiger partial charge on any atom is -0.465 e. The maximum Gasteiger partial charge on any atom is 0.348 e. The van der Waals surface area contributed by atoms with Gasteiger partial charge in [-0.05, 0) is 35.2 Å². The molecule has 0 unspecified atom stereocenters. The molecule has 0 bridgehead atoms. The van der Waals surface area contributed by atoms with Gasteiger partial charge in [0.2, 0.25) is 0 Å². The van der Waals surface area contributed by atoms with E-state index in [1.807, 2.05) is 23.6 Å². The molecular weight excluding hydrogens is 353 g/mol. The molecule has 2 aromatic heterocycles. The van der Waals surface area contributed by atoms with Gasteiger partial charge in [-0.1, -0.05) is 29.3 Å². The van der Waals surface area contributed by atoms with Crippen LogP contribution in [0.3, 0.4) is 0 Å². The predicted molar refractivity (Wildman–Crippen MR) is 94.3 cm³/mol. The van der Waals surface area contributed by atoms with E-state index >= 15 is 0 Å². The summed E-state index contributed by atoms with van der Waals surface area (Å²) in [5, 5.41) is 2.95. The lowest BCUT2D eigenvalue weighted by Crippen LogP contribution is -2.00. The highest BCUT2D eigenvalue weighted by atomic mass is 35.5. The highest BCUT2D eigenvalue weighted by molar-refractivity contribution is 7.12. The average molecular weight is 364 g/mol. The maximum absolute atomic E-state index is 12.0. The lowest BCUT2D eigenvalue weighted by molar-refractivity contribution is 0.0607. The monoisotopic (exact) mass is 363 g/mol. The van der Waals surface area contributed by atoms with Crippen molar-refractivity contribution in [3.8, 4) is 22.3 Å². The predicted octanol–water partition coefficient (Wildman–Crippen LogP) is 5.57. The third-order valence-electron chi connectivity index (χ3n) is 3.37. The lowest BCUT2D eigenvalue weighted by Gasteiger charge is -2.11. The molecule has 3 aromatic rings. The largest absolute Gasteiger partial charge is 0.465 e. The van der Waals surface area contributed by atoms with Gasteiger partial charge in [0.25, 0.3) is 0 Å². The van der Waals surface area contributed by atoms with E-state index in [1.54, 1.807) is 24.5 Å². The molecule has 0 spiro atoms. The van der Waals surface area contributed by atoms with E-state index in [0.29, 0.717) is 14.9 Å². The van der Waals surface area contributed by atoms with Gasteiger partial charge < -0.3 is 4.74 Å². The summed E-state index contributed by atoms with van der Waals surface area (Å²) in [4.78, 5) is 16.7. The number of nitrogens with zero attached hydrogens (tertiary/aromatic N) is 1. The molecule has 23 heavy (non-hydrogen) atoms. The van der Waals surface area contributed by atoms with Gasteiger partial charge in [0.15, 0.2) is 0 Å². The van der Waals surface area contributed by atoms with Crippen LogP contribution in [0.1, 0.15) is 9.67 Å². The molecule has 2 heterocycles. The van der Waals surface area contributed by atoms with Gasteiger partial charge in [0.05, 0.1) is 7.11 Å². The third-order valence-corrected chi connectivity index (χ3v) is 4.81. The Morgan fingerprint density at radius 3 is 2.65 bits per heavy atom. The molecule has 0 fully saturated rings. The Balaban J connectivity index is 2.20. The first-order chi connectivity index (χ1) is 11.1. The Bertz CT molecular complexity index is 877. The molecule has 3 nitrogen and oxygen atoms in total. The highest BCUT2D eigenvalue weighted by Gasteiger charge is 2.19. The van der Waals surface area contributed by atoms with Gasteiger partial charge in [-0.2, -0.15) is 0 Å². The zero-order chi connectivity index (χ0) is 16.4. The molecule has 6 heteroatoms. The number of hydrogen-bond donors (Lipinski definition) is 0. The molecule has 0 radical (unpaired) electrons. The van der Waals surface area contributed by atoms with Gasteiger partial charge >= 0.3 is 5.97 Å². The fourth-order valence-corrected chi connectivity index (χ4v) is 3.66. The van der Waals surface area contributed by atoms with Crippen molar-refractivity contribution in [2.24, 2.45) is 0 Å². The summed E-state index contributed by atoms with van der Waals surface area (Å²) in [6.45, 7) is 0. The Hall–Kier alpha value is -1.88. The first-order valence-corrected chi connectivity index (χ1v) is 8.31. The van der Waals surface area contributed by atoms with Crippen LogP contribution >= 0.6 is 34.5 Å². The second-order valence-electron chi connectivity index (χ2n) is 4.70. The first kappa shape index (κ1) is 16.0. The van der Waals surface area contributed by atoms with Gasteiger partial charge in [0.1, 0.15) is 4.88 Å². The van der Waals surface area contributed by atoms with Crippen molar-refractivity contribution in [2.75, 3.05) is 7.11 Å². The summed E-state index contributed by atoms with van der Waals surface area (Å²) in [7, 11) is 1.37. The van der Waals surface area contributed by atoms with Gasteiger partial charge in [-0.25, -0.2) is 4.79 Å². The Labute approximate surface area is 147 Å². The minimum absolute atomic E-state index is 0.361. The van der Waals surface area contributed by atoms with Crippen molar-refractivity contribution in [1.82, 2.24) is 4.98 Å². The number of rotatable bonds is 3. The minimum atomic E-state index is -0.361. The number of aromatic nitrogens is 1. The number of carbonyl (C=O) groups is 1. The zero-order valence-corrected chi connectivity index (χ0v) is 14.4. The molecule has 0 amide bonds. The van der Waals surface area contributed by atoms with E-state index in [9.17, 15) is 4.79 Å². The fourth-order valence-electron chi connectivity index (χ4n) is 2.32. The summed E-state index contributed by atoms with van der Waals surface area (Å²) in [5.41, 5.74) is 3.30. The van der Waals surface area contributed by atoms with Crippen molar-refractivity contribution in [2.45, 2.75) is 0 Å². The van der Waals surface area contributed by atoms with E-state index < -0.39 is 0 Å². The maximum atomic E-state index is 12.0. The van der Waals surface area contributed by atoms with E-state index in [2.05, 4.69) is 4.98 Å². The number of thiophene rings is 1. The number of benzene rings is 1. The molecule has 1 aromatic carbocycles. The molecule has 0 aliphatic carbocycles. The molecule has 0 saturated carbocycles. The number of halogens is 2. The van der Waals surface area contributed by atoms with Crippen LogP contribution in [0.25, 0.3) is 22.3 Å². The number of esters is 1. The number of hydrogen-bond acceptors (Lipinski definition) is 4. The summed E-state index contributed by atoms with van der Waals surface area (Å²) < 4.78 is 4.85. The molecular formula is C17H11Cl2NO2S. The number of pyridine rings is 1. The Kier molecular flexibility index (Phi) is 4.66. The quantitative estimate of drug-likeness (QED) is 0.571. The molecule has 0 atom stereocenters. The van der Waals surface area contributed by atoms with Crippen LogP contribution in [-0.2, 0) is 4.74 Å². The van der Waals surface area contributed by atoms with Crippen LogP contribution in [0.4, 0.5) is 0 Å². The third kappa shape index (κ3) is 3.11. The van der Waals surface area contributed by atoms with Crippen molar-refractivity contribution in [3.05, 3.63) is 63.0 Å². The Morgan fingerprint density at radius 2 is 1.91 bits per heavy atom. The van der Waals surface area contributed by atoms with Gasteiger partial charge in [-0.3, -0.25) is 4.98 Å². The van der Waals surface area contributed by atoms with Crippen LogP contribution in [0, 0.1) is 0 Å². The fraction of sp³-hybridized carbons (Fsp3) is 0.0588. The second-order valence-corrected chi connectivity index (χ2v) is 6.46. The summed E-state index contributed by atoms with van der Waals surface area (Å²) in [5.74, 6) is -0.361. The van der Waals surface area contributed by atoms with Crippen molar-refractivity contribution >= 4 is 40.5 Å². The Morgan fingerprint density at radius 1 is 1.09 bits per heavy atom. The van der Waals surface area contributed by atoms with E-state index in [-0.39, 0.29) is 5.97 Å². The van der Waals surface area contributed by atoms with E-state index in [0.717, 1.165) is 22.3 Å². The number of carbonyl (C=O) groups excluding carboxylic acids is 1. The zero-order valence-electron chi connectivity index (χ0n) is 12.0. The molecule has 0 N–H and O–H groups in total. The average Bonchev–Trinajstić information content (AvgIpc) is 3.03. The molecule has 116 valence electrons. The van der Waals surface area contributed by atoms with Crippen molar-refractivity contribution in [1.29, 1.82) is 0 Å². The lowest BCUT2D eigenvalue weighted by atomic mass is 9.97. The summed E-state index contributed by atoms with van der Waals surface area (Å²) in [6, 6.07) is 9.04. The molecule has 0 aliphatic heterocycles. The summed E-state index contributed by atoms with van der Waals surface area (Å²) >= 11 is 13.6. The van der Waals surface area contributed by atoms with Crippen LogP contribution in [-0.4, -0.2) is 18.1 Å². The van der Waals surface area contributed by atoms with Crippen molar-refractivity contribution in [3.63, 3.8) is 0 Å². The molecule has 0 aliphatic rings. The highest BCUT2D eigenvalue weighted by Crippen LogP contribution is 2.39. The van der Waals surface area contributed by atoms with Crippen LogP contribution in [0.5, 0.6) is 0 Å².